The van der Waals surface area contributed by atoms with Crippen molar-refractivity contribution in [2.75, 3.05) is 6.86 Å². The van der Waals surface area contributed by atoms with Gasteiger partial charge in [0.05, 0.1) is 0 Å². The minimum Gasteiger partial charge on any atom is -0.429 e. The molecular weight excluding hydrogens is 357 g/mol. The number of rotatable bonds is 6. The van der Waals surface area contributed by atoms with Crippen LogP contribution in [0.2, 0.25) is 0 Å². The average Bonchev–Trinajstić information content (AvgIpc) is 2.25. The van der Waals surface area contributed by atoms with Crippen LogP contribution >= 0.6 is 0 Å². The van der Waals surface area contributed by atoms with Gasteiger partial charge in [-0.3, -0.25) is 4.74 Å². The maximum absolute atomic E-state index is 12.8. The summed E-state index contributed by atoms with van der Waals surface area (Å²) >= 11 is 0. The minimum atomic E-state index is -7.19. The molecule has 0 fully saturated rings. The Balaban J connectivity index is 5.78. The number of carbonyl (C=O) groups is 1. The van der Waals surface area contributed by atoms with Crippen LogP contribution in [-0.4, -0.2) is 43.0 Å². The molecule has 0 heterocycles. The molecule has 1 radical (unpaired) electrons. The monoisotopic (exact) mass is 359 g/mol. The van der Waals surface area contributed by atoms with Gasteiger partial charge in [0, 0.05) is 0 Å². The number of halogens is 11. The van der Waals surface area contributed by atoms with Gasteiger partial charge in [-0.1, -0.05) is 0 Å². The molecule has 4 nitrogen and oxygen atoms in total. The zero-order chi connectivity index (χ0) is 18.2. The topological polar surface area (TPSA) is 55.4 Å². The van der Waals surface area contributed by atoms with E-state index in [0.29, 0.717) is 0 Å². The summed E-state index contributed by atoms with van der Waals surface area (Å²) in [6.45, 7) is -2.46. The van der Waals surface area contributed by atoms with E-state index in [1.807, 2.05) is 0 Å². The predicted octanol–water partition coefficient (Wildman–Crippen LogP) is 2.95. The second-order valence-corrected chi connectivity index (χ2v) is 3.34. The van der Waals surface area contributed by atoms with Gasteiger partial charge >= 0.3 is 36.1 Å². The SMILES string of the molecule is [O]C(F)(F)C(F)(OC(F)(F)C(F)(F)C(=O)OCF)C(F)(F)F. The standard InChI is InChI=1S/C7H2F11O4/c8-1-21-2(19)3(9,10)7(17,18)22-4(11,5(12,13)14)6(15,16)20/h1H2. The Morgan fingerprint density at radius 1 is 0.864 bits per heavy atom. The molecule has 0 aliphatic carbocycles. The molecule has 0 spiro atoms. The predicted molar refractivity (Wildman–Crippen MR) is 38.6 cm³/mol. The number of esters is 1. The molecule has 0 saturated heterocycles. The highest BCUT2D eigenvalue weighted by Crippen LogP contribution is 2.50. The third-order valence-corrected chi connectivity index (χ3v) is 1.82. The highest BCUT2D eigenvalue weighted by molar-refractivity contribution is 5.78. The van der Waals surface area contributed by atoms with Crippen LogP contribution in [0.15, 0.2) is 0 Å². The molecule has 0 aromatic heterocycles. The Bertz CT molecular complexity index is 398. The molecule has 0 saturated carbocycles. The summed E-state index contributed by atoms with van der Waals surface area (Å²) in [6.07, 6.45) is -21.1. The van der Waals surface area contributed by atoms with Gasteiger partial charge in [0.1, 0.15) is 0 Å². The Hall–Kier alpha value is -1.38. The van der Waals surface area contributed by atoms with Gasteiger partial charge < -0.3 is 4.74 Å². The van der Waals surface area contributed by atoms with Crippen molar-refractivity contribution in [1.29, 1.82) is 0 Å². The maximum atomic E-state index is 12.8. The van der Waals surface area contributed by atoms with E-state index >= 15 is 0 Å². The van der Waals surface area contributed by atoms with Crippen molar-refractivity contribution in [2.24, 2.45) is 0 Å². The van der Waals surface area contributed by atoms with Crippen molar-refractivity contribution in [2.45, 2.75) is 30.2 Å². The van der Waals surface area contributed by atoms with E-state index in [0.717, 1.165) is 0 Å². The van der Waals surface area contributed by atoms with Gasteiger partial charge in [-0.2, -0.15) is 49.0 Å². The van der Waals surface area contributed by atoms with Crippen LogP contribution in [0.3, 0.4) is 0 Å². The first-order valence-electron chi connectivity index (χ1n) is 4.47. The number of hydrogen-bond donors (Lipinski definition) is 0. The fraction of sp³-hybridized carbons (Fsp3) is 0.857. The molecule has 0 aromatic carbocycles. The first kappa shape index (κ1) is 20.6. The Morgan fingerprint density at radius 2 is 1.27 bits per heavy atom. The van der Waals surface area contributed by atoms with Crippen LogP contribution in [0.25, 0.3) is 0 Å². The Morgan fingerprint density at radius 3 is 1.55 bits per heavy atom. The number of ether oxygens (including phenoxy) is 2. The van der Waals surface area contributed by atoms with Crippen LogP contribution < -0.4 is 0 Å². The van der Waals surface area contributed by atoms with Gasteiger partial charge in [0.15, 0.2) is 0 Å². The van der Waals surface area contributed by atoms with E-state index in [2.05, 4.69) is 4.74 Å². The van der Waals surface area contributed by atoms with E-state index in [4.69, 9.17) is 0 Å². The summed E-state index contributed by atoms with van der Waals surface area (Å²) in [4.78, 5) is 10.3. The van der Waals surface area contributed by atoms with Crippen LogP contribution in [0.5, 0.6) is 0 Å². The molecule has 0 bridgehead atoms. The van der Waals surface area contributed by atoms with E-state index in [-0.39, 0.29) is 0 Å². The van der Waals surface area contributed by atoms with E-state index in [1.54, 1.807) is 4.74 Å². The fourth-order valence-electron chi connectivity index (χ4n) is 0.782. The number of hydrogen-bond acceptors (Lipinski definition) is 3. The summed E-state index contributed by atoms with van der Waals surface area (Å²) in [6, 6.07) is 0. The molecule has 0 rings (SSSR count). The first-order chi connectivity index (χ1) is 9.44. The van der Waals surface area contributed by atoms with Gasteiger partial charge in [-0.25, -0.2) is 9.18 Å². The molecule has 0 aliphatic heterocycles. The van der Waals surface area contributed by atoms with Crippen molar-refractivity contribution in [3.63, 3.8) is 0 Å². The molecule has 0 aliphatic rings. The normalized spacial score (nSPS) is 17.1. The average molecular weight is 359 g/mol. The Kier molecular flexibility index (Phi) is 5.32. The second kappa shape index (κ2) is 5.68. The lowest BCUT2D eigenvalue weighted by atomic mass is 10.2. The van der Waals surface area contributed by atoms with Crippen molar-refractivity contribution < 1.29 is 67.7 Å². The molecule has 0 aromatic rings. The number of alkyl halides is 11. The molecule has 0 amide bonds. The zero-order valence-corrected chi connectivity index (χ0v) is 9.50. The lowest BCUT2D eigenvalue weighted by molar-refractivity contribution is -0.519. The molecule has 22 heavy (non-hydrogen) atoms. The van der Waals surface area contributed by atoms with Crippen LogP contribution in [0.1, 0.15) is 0 Å². The fourth-order valence-corrected chi connectivity index (χ4v) is 0.782. The lowest BCUT2D eigenvalue weighted by Gasteiger charge is -2.34. The zero-order valence-electron chi connectivity index (χ0n) is 9.50. The van der Waals surface area contributed by atoms with E-state index < -0.39 is 43.0 Å². The van der Waals surface area contributed by atoms with Crippen LogP contribution in [-0.2, 0) is 19.4 Å². The molecular formula is C7H2F11O4. The highest BCUT2D eigenvalue weighted by Gasteiger charge is 2.80. The van der Waals surface area contributed by atoms with Crippen LogP contribution in [0.4, 0.5) is 48.3 Å². The largest absolute Gasteiger partial charge is 0.458 e. The van der Waals surface area contributed by atoms with Gasteiger partial charge in [-0.15, -0.1) is 0 Å². The first-order valence-corrected chi connectivity index (χ1v) is 4.47. The molecule has 131 valence electrons. The summed E-state index contributed by atoms with van der Waals surface area (Å²) in [5.41, 5.74) is 0. The summed E-state index contributed by atoms with van der Waals surface area (Å²) in [7, 11) is 0. The molecule has 1 atom stereocenters. The van der Waals surface area contributed by atoms with Crippen LogP contribution in [0, 0.1) is 0 Å². The summed E-state index contributed by atoms with van der Waals surface area (Å²) in [5.74, 6) is -17.2. The summed E-state index contributed by atoms with van der Waals surface area (Å²) in [5, 5.41) is 9.76. The highest BCUT2D eigenvalue weighted by atomic mass is 19.4. The minimum absolute atomic E-state index is 1.63. The lowest BCUT2D eigenvalue weighted by Crippen LogP contribution is -2.63. The molecule has 15 heteroatoms. The maximum Gasteiger partial charge on any atom is 0.458 e. The van der Waals surface area contributed by atoms with Gasteiger partial charge in [0.2, 0.25) is 6.86 Å². The van der Waals surface area contributed by atoms with Crippen molar-refractivity contribution in [3.05, 3.63) is 0 Å². The third-order valence-electron chi connectivity index (χ3n) is 1.82. The van der Waals surface area contributed by atoms with Crippen molar-refractivity contribution in [1.82, 2.24) is 0 Å². The molecule has 1 unspecified atom stereocenters. The van der Waals surface area contributed by atoms with E-state index in [9.17, 15) is 58.2 Å². The van der Waals surface area contributed by atoms with Crippen molar-refractivity contribution >= 4 is 5.97 Å². The Labute approximate surface area is 112 Å². The quantitative estimate of drug-likeness (QED) is 0.541. The second-order valence-electron chi connectivity index (χ2n) is 3.34. The third kappa shape index (κ3) is 3.50. The van der Waals surface area contributed by atoms with Crippen molar-refractivity contribution in [3.8, 4) is 0 Å². The smallest absolute Gasteiger partial charge is 0.429 e. The molecule has 0 N–H and O–H groups in total. The van der Waals surface area contributed by atoms with Gasteiger partial charge in [-0.05, 0) is 0 Å². The summed E-state index contributed by atoms with van der Waals surface area (Å²) < 4.78 is 139. The number of carbonyl (C=O) groups excluding carboxylic acids is 1. The van der Waals surface area contributed by atoms with E-state index in [1.165, 1.54) is 0 Å². The van der Waals surface area contributed by atoms with Gasteiger partial charge in [0.25, 0.3) is 0 Å².